The second-order valence-electron chi connectivity index (χ2n) is 5.59. The Balaban J connectivity index is 2.70. The van der Waals surface area contributed by atoms with Gasteiger partial charge in [0.15, 0.2) is 0 Å². The first-order valence-electron chi connectivity index (χ1n) is 7.70. The summed E-state index contributed by atoms with van der Waals surface area (Å²) in [6.07, 6.45) is 2.41. The molecule has 0 spiro atoms. The molecule has 1 aromatic carbocycles. The van der Waals surface area contributed by atoms with E-state index in [1.54, 1.807) is 7.11 Å². The van der Waals surface area contributed by atoms with Crippen molar-refractivity contribution >= 4 is 15.9 Å². The van der Waals surface area contributed by atoms with Gasteiger partial charge in [-0.3, -0.25) is 0 Å². The van der Waals surface area contributed by atoms with Gasteiger partial charge < -0.3 is 14.8 Å². The van der Waals surface area contributed by atoms with E-state index < -0.39 is 0 Å². The SMILES string of the molecule is CCCC(C)COc1c(C)cc(Br)cc1CNCCOC. The molecule has 0 aliphatic carbocycles. The lowest BCUT2D eigenvalue weighted by Crippen LogP contribution is -2.19. The van der Waals surface area contributed by atoms with E-state index in [1.807, 2.05) is 0 Å². The molecule has 1 aromatic rings. The summed E-state index contributed by atoms with van der Waals surface area (Å²) < 4.78 is 12.3. The van der Waals surface area contributed by atoms with Gasteiger partial charge in [-0.25, -0.2) is 0 Å². The lowest BCUT2D eigenvalue weighted by molar-refractivity contribution is 0.198. The molecule has 0 radical (unpaired) electrons. The summed E-state index contributed by atoms with van der Waals surface area (Å²) in [4.78, 5) is 0. The lowest BCUT2D eigenvalue weighted by atomic mass is 10.1. The van der Waals surface area contributed by atoms with Gasteiger partial charge >= 0.3 is 0 Å². The van der Waals surface area contributed by atoms with E-state index in [9.17, 15) is 0 Å². The fraction of sp³-hybridized carbons (Fsp3) is 0.647. The standard InChI is InChI=1S/C17H28BrNO2/c1-5-6-13(2)12-21-17-14(3)9-16(18)10-15(17)11-19-7-8-20-4/h9-10,13,19H,5-8,11-12H2,1-4H3. The highest BCUT2D eigenvalue weighted by Gasteiger charge is 2.11. The number of hydrogen-bond acceptors (Lipinski definition) is 3. The number of methoxy groups -OCH3 is 1. The van der Waals surface area contributed by atoms with E-state index in [2.05, 4.69) is 54.2 Å². The fourth-order valence-electron chi connectivity index (χ4n) is 2.34. The van der Waals surface area contributed by atoms with E-state index in [4.69, 9.17) is 9.47 Å². The van der Waals surface area contributed by atoms with Crippen LogP contribution in [0.25, 0.3) is 0 Å². The summed E-state index contributed by atoms with van der Waals surface area (Å²) in [6, 6.07) is 4.24. The highest BCUT2D eigenvalue weighted by atomic mass is 79.9. The predicted octanol–water partition coefficient (Wildman–Crippen LogP) is 4.31. The van der Waals surface area contributed by atoms with Crippen molar-refractivity contribution in [2.24, 2.45) is 5.92 Å². The van der Waals surface area contributed by atoms with Gasteiger partial charge in [0, 0.05) is 30.2 Å². The molecule has 4 heteroatoms. The highest BCUT2D eigenvalue weighted by molar-refractivity contribution is 9.10. The maximum absolute atomic E-state index is 6.10. The Bertz CT molecular complexity index is 423. The number of rotatable bonds is 10. The van der Waals surface area contributed by atoms with Gasteiger partial charge in [0.2, 0.25) is 0 Å². The topological polar surface area (TPSA) is 30.5 Å². The Morgan fingerprint density at radius 1 is 1.33 bits per heavy atom. The van der Waals surface area contributed by atoms with E-state index in [0.717, 1.165) is 36.5 Å². The van der Waals surface area contributed by atoms with Gasteiger partial charge in [0.25, 0.3) is 0 Å². The second-order valence-corrected chi connectivity index (χ2v) is 6.50. The van der Waals surface area contributed by atoms with Crippen LogP contribution in [0.2, 0.25) is 0 Å². The van der Waals surface area contributed by atoms with Gasteiger partial charge in [-0.05, 0) is 37.0 Å². The van der Waals surface area contributed by atoms with Crippen LogP contribution in [-0.4, -0.2) is 26.9 Å². The molecular formula is C17H28BrNO2. The number of aryl methyl sites for hydroxylation is 1. The lowest BCUT2D eigenvalue weighted by Gasteiger charge is -2.18. The summed E-state index contributed by atoms with van der Waals surface area (Å²) >= 11 is 3.57. The molecule has 0 amide bonds. The zero-order chi connectivity index (χ0) is 15.7. The number of hydrogen-bond donors (Lipinski definition) is 1. The molecule has 21 heavy (non-hydrogen) atoms. The number of benzene rings is 1. The third-order valence-electron chi connectivity index (χ3n) is 3.41. The first-order chi connectivity index (χ1) is 10.1. The van der Waals surface area contributed by atoms with Crippen molar-refractivity contribution in [1.82, 2.24) is 5.32 Å². The van der Waals surface area contributed by atoms with Crippen LogP contribution in [0.3, 0.4) is 0 Å². The minimum absolute atomic E-state index is 0.590. The molecule has 0 bridgehead atoms. The predicted molar refractivity (Wildman–Crippen MR) is 92.0 cm³/mol. The highest BCUT2D eigenvalue weighted by Crippen LogP contribution is 2.28. The quantitative estimate of drug-likeness (QED) is 0.633. The number of halogens is 1. The third kappa shape index (κ3) is 6.81. The van der Waals surface area contributed by atoms with Crippen molar-refractivity contribution in [3.8, 4) is 5.75 Å². The maximum atomic E-state index is 6.10. The number of ether oxygens (including phenoxy) is 2. The summed E-state index contributed by atoms with van der Waals surface area (Å²) in [5.41, 5.74) is 2.37. The average molecular weight is 358 g/mol. The molecule has 1 atom stereocenters. The first-order valence-corrected chi connectivity index (χ1v) is 8.49. The van der Waals surface area contributed by atoms with Gasteiger partial charge in [-0.1, -0.05) is 36.2 Å². The molecule has 0 aliphatic heterocycles. The number of nitrogens with one attached hydrogen (secondary N) is 1. The molecule has 1 N–H and O–H groups in total. The molecular weight excluding hydrogens is 330 g/mol. The minimum Gasteiger partial charge on any atom is -0.493 e. The van der Waals surface area contributed by atoms with Crippen LogP contribution >= 0.6 is 15.9 Å². The van der Waals surface area contributed by atoms with Crippen molar-refractivity contribution in [3.05, 3.63) is 27.7 Å². The Morgan fingerprint density at radius 3 is 2.76 bits per heavy atom. The van der Waals surface area contributed by atoms with Crippen molar-refractivity contribution in [3.63, 3.8) is 0 Å². The smallest absolute Gasteiger partial charge is 0.126 e. The Hall–Kier alpha value is -0.580. The average Bonchev–Trinajstić information content (AvgIpc) is 2.42. The summed E-state index contributed by atoms with van der Waals surface area (Å²) in [5.74, 6) is 1.61. The van der Waals surface area contributed by atoms with E-state index in [-0.39, 0.29) is 0 Å². The molecule has 3 nitrogen and oxygen atoms in total. The fourth-order valence-corrected chi connectivity index (χ4v) is 2.96. The zero-order valence-corrected chi connectivity index (χ0v) is 15.3. The molecule has 0 saturated carbocycles. The summed E-state index contributed by atoms with van der Waals surface area (Å²) in [6.45, 7) is 9.69. The van der Waals surface area contributed by atoms with Crippen LogP contribution in [-0.2, 0) is 11.3 Å². The molecule has 0 saturated heterocycles. The molecule has 1 rings (SSSR count). The largest absolute Gasteiger partial charge is 0.493 e. The van der Waals surface area contributed by atoms with E-state index in [0.29, 0.717) is 5.92 Å². The van der Waals surface area contributed by atoms with Crippen LogP contribution < -0.4 is 10.1 Å². The molecule has 0 aromatic heterocycles. The first kappa shape index (κ1) is 18.5. The zero-order valence-electron chi connectivity index (χ0n) is 13.7. The van der Waals surface area contributed by atoms with Crippen LogP contribution in [0.1, 0.15) is 37.8 Å². The Labute approximate surface area is 137 Å². The van der Waals surface area contributed by atoms with E-state index >= 15 is 0 Å². The molecule has 0 aliphatic rings. The molecule has 1 unspecified atom stereocenters. The Kier molecular flexibility index (Phi) is 8.97. The van der Waals surface area contributed by atoms with Crippen molar-refractivity contribution < 1.29 is 9.47 Å². The molecule has 0 heterocycles. The van der Waals surface area contributed by atoms with Gasteiger partial charge in [0.1, 0.15) is 5.75 Å². The Morgan fingerprint density at radius 2 is 2.10 bits per heavy atom. The van der Waals surface area contributed by atoms with Crippen LogP contribution in [0.15, 0.2) is 16.6 Å². The van der Waals surface area contributed by atoms with Crippen molar-refractivity contribution in [1.29, 1.82) is 0 Å². The van der Waals surface area contributed by atoms with Gasteiger partial charge in [0.05, 0.1) is 13.2 Å². The van der Waals surface area contributed by atoms with Crippen molar-refractivity contribution in [2.45, 2.75) is 40.2 Å². The van der Waals surface area contributed by atoms with Crippen LogP contribution in [0.5, 0.6) is 5.75 Å². The van der Waals surface area contributed by atoms with Crippen LogP contribution in [0, 0.1) is 12.8 Å². The van der Waals surface area contributed by atoms with Crippen LogP contribution in [0.4, 0.5) is 0 Å². The molecule has 0 fully saturated rings. The van der Waals surface area contributed by atoms with E-state index in [1.165, 1.54) is 24.0 Å². The third-order valence-corrected chi connectivity index (χ3v) is 3.87. The van der Waals surface area contributed by atoms with Gasteiger partial charge in [-0.2, -0.15) is 0 Å². The summed E-state index contributed by atoms with van der Waals surface area (Å²) in [5, 5.41) is 3.38. The second kappa shape index (κ2) is 10.2. The normalized spacial score (nSPS) is 12.4. The van der Waals surface area contributed by atoms with Crippen molar-refractivity contribution in [2.75, 3.05) is 26.9 Å². The summed E-state index contributed by atoms with van der Waals surface area (Å²) in [7, 11) is 1.72. The van der Waals surface area contributed by atoms with Gasteiger partial charge in [-0.15, -0.1) is 0 Å². The minimum atomic E-state index is 0.590. The molecule has 120 valence electrons. The monoisotopic (exact) mass is 357 g/mol. The maximum Gasteiger partial charge on any atom is 0.126 e.